The molecule has 1 aromatic rings. The molecule has 0 aliphatic carbocycles. The summed E-state index contributed by atoms with van der Waals surface area (Å²) in [6.45, 7) is 2.57. The van der Waals surface area contributed by atoms with Crippen molar-refractivity contribution in [3.63, 3.8) is 0 Å². The number of halogens is 2. The lowest BCUT2D eigenvalue weighted by atomic mass is 9.82. The van der Waals surface area contributed by atoms with Gasteiger partial charge in [0.2, 0.25) is 0 Å². The molecule has 3 rings (SSSR count). The first kappa shape index (κ1) is 22.2. The van der Waals surface area contributed by atoms with Crippen LogP contribution in [0, 0.1) is 5.82 Å². The summed E-state index contributed by atoms with van der Waals surface area (Å²) in [7, 11) is 4.06. The number of piperidine rings is 2. The number of hydrogen-bond donors (Lipinski definition) is 2. The first-order valence-corrected chi connectivity index (χ1v) is 9.66. The summed E-state index contributed by atoms with van der Waals surface area (Å²) >= 11 is 0. The maximum absolute atomic E-state index is 13.2. The molecule has 2 aliphatic heterocycles. The highest BCUT2D eigenvalue weighted by Crippen LogP contribution is 2.32. The topological polar surface area (TPSA) is 48.9 Å². The van der Waals surface area contributed by atoms with Crippen LogP contribution < -0.4 is 15.4 Å². The van der Waals surface area contributed by atoms with Crippen molar-refractivity contribution in [3.8, 4) is 5.75 Å². The summed E-state index contributed by atoms with van der Waals surface area (Å²) in [5, 5.41) is 6.91. The molecule has 7 heteroatoms. The number of benzene rings is 1. The number of rotatable bonds is 5. The van der Waals surface area contributed by atoms with E-state index in [0.717, 1.165) is 5.96 Å². The minimum Gasteiger partial charge on any atom is -0.489 e. The average molecular weight is 490 g/mol. The van der Waals surface area contributed by atoms with Crippen molar-refractivity contribution in [1.29, 1.82) is 0 Å². The molecule has 27 heavy (non-hydrogen) atoms. The second-order valence-electron chi connectivity index (χ2n) is 7.56. The lowest BCUT2D eigenvalue weighted by molar-refractivity contribution is 0.0526. The van der Waals surface area contributed by atoms with Gasteiger partial charge in [-0.1, -0.05) is 12.5 Å². The molecule has 0 spiro atoms. The van der Waals surface area contributed by atoms with Crippen molar-refractivity contribution in [2.24, 2.45) is 4.99 Å². The van der Waals surface area contributed by atoms with Crippen molar-refractivity contribution < 1.29 is 9.13 Å². The molecule has 2 heterocycles. The van der Waals surface area contributed by atoms with E-state index >= 15 is 0 Å². The lowest BCUT2D eigenvalue weighted by Crippen LogP contribution is -2.57. The van der Waals surface area contributed by atoms with E-state index in [1.807, 2.05) is 6.92 Å². The van der Waals surface area contributed by atoms with Crippen molar-refractivity contribution >= 4 is 29.9 Å². The van der Waals surface area contributed by atoms with Crippen LogP contribution in [0.1, 0.15) is 39.0 Å². The van der Waals surface area contributed by atoms with Gasteiger partial charge in [-0.3, -0.25) is 4.99 Å². The summed E-state index contributed by atoms with van der Waals surface area (Å²) in [4.78, 5) is 6.92. The number of hydrogen-bond acceptors (Lipinski definition) is 3. The van der Waals surface area contributed by atoms with Crippen molar-refractivity contribution in [2.75, 3.05) is 20.6 Å². The van der Waals surface area contributed by atoms with E-state index in [1.54, 1.807) is 19.2 Å². The Balaban J connectivity index is 0.00000261. The van der Waals surface area contributed by atoms with Crippen LogP contribution >= 0.6 is 24.0 Å². The zero-order valence-electron chi connectivity index (χ0n) is 16.5. The maximum atomic E-state index is 13.2. The van der Waals surface area contributed by atoms with Gasteiger partial charge in [0, 0.05) is 31.2 Å². The van der Waals surface area contributed by atoms with Crippen LogP contribution in [0.4, 0.5) is 4.39 Å². The highest BCUT2D eigenvalue weighted by molar-refractivity contribution is 14.0. The third kappa shape index (κ3) is 6.20. The van der Waals surface area contributed by atoms with Crippen LogP contribution in [0.2, 0.25) is 0 Å². The first-order chi connectivity index (χ1) is 12.5. The van der Waals surface area contributed by atoms with Gasteiger partial charge in [0.05, 0.1) is 6.54 Å². The van der Waals surface area contributed by atoms with Gasteiger partial charge in [-0.05, 0) is 51.8 Å². The van der Waals surface area contributed by atoms with Gasteiger partial charge in [-0.15, -0.1) is 24.0 Å². The zero-order chi connectivity index (χ0) is 18.5. The molecule has 152 valence electrons. The summed E-state index contributed by atoms with van der Waals surface area (Å²) in [6, 6.07) is 8.08. The molecular formula is C20H32FIN4O. The summed E-state index contributed by atoms with van der Waals surface area (Å²) < 4.78 is 19.0. The zero-order valence-corrected chi connectivity index (χ0v) is 18.8. The first-order valence-electron chi connectivity index (χ1n) is 9.66. The van der Waals surface area contributed by atoms with E-state index in [4.69, 9.17) is 4.74 Å². The predicted octanol–water partition coefficient (Wildman–Crippen LogP) is 3.39. The fourth-order valence-corrected chi connectivity index (χ4v) is 4.18. The number of fused-ring (bicyclic) bond motifs is 2. The molecule has 3 unspecified atom stereocenters. The Hall–Kier alpha value is -1.09. The van der Waals surface area contributed by atoms with Crippen LogP contribution in [0.3, 0.4) is 0 Å². The number of nitrogens with one attached hydrogen (secondary N) is 2. The highest BCUT2D eigenvalue weighted by Gasteiger charge is 2.36. The van der Waals surface area contributed by atoms with E-state index in [0.29, 0.717) is 30.4 Å². The quantitative estimate of drug-likeness (QED) is 0.378. The minimum absolute atomic E-state index is 0. The Labute approximate surface area is 179 Å². The normalized spacial score (nSPS) is 26.7. The van der Waals surface area contributed by atoms with Gasteiger partial charge < -0.3 is 20.3 Å². The molecule has 0 amide bonds. The van der Waals surface area contributed by atoms with Gasteiger partial charge in [-0.25, -0.2) is 4.39 Å². The number of ether oxygens (including phenoxy) is 1. The maximum Gasteiger partial charge on any atom is 0.191 e. The average Bonchev–Trinajstić information content (AvgIpc) is 2.59. The Morgan fingerprint density at radius 3 is 2.67 bits per heavy atom. The molecule has 5 nitrogen and oxygen atoms in total. The number of aliphatic imine (C=N–C) groups is 1. The molecular weight excluding hydrogens is 458 g/mol. The van der Waals surface area contributed by atoms with Crippen LogP contribution in [0.25, 0.3) is 0 Å². The third-order valence-electron chi connectivity index (χ3n) is 5.59. The molecule has 2 N–H and O–H groups in total. The van der Waals surface area contributed by atoms with E-state index in [9.17, 15) is 4.39 Å². The Kier molecular flexibility index (Phi) is 8.60. The molecule has 0 saturated carbocycles. The Bertz CT molecular complexity index is 616. The van der Waals surface area contributed by atoms with Crippen LogP contribution in [0.5, 0.6) is 5.75 Å². The SMILES string of the molecule is CN=C(NCC(C)Oc1cccc(F)c1)NC1CC2CCCC(C1)N2C.I. The predicted molar refractivity (Wildman–Crippen MR) is 119 cm³/mol. The number of nitrogens with zero attached hydrogens (tertiary/aromatic N) is 2. The van der Waals surface area contributed by atoms with E-state index in [1.165, 1.54) is 44.2 Å². The molecule has 2 aliphatic rings. The van der Waals surface area contributed by atoms with E-state index in [2.05, 4.69) is 27.6 Å². The van der Waals surface area contributed by atoms with Crippen molar-refractivity contribution in [2.45, 2.75) is 63.3 Å². The van der Waals surface area contributed by atoms with Crippen LogP contribution in [0.15, 0.2) is 29.3 Å². The van der Waals surface area contributed by atoms with E-state index in [-0.39, 0.29) is 35.9 Å². The monoisotopic (exact) mass is 490 g/mol. The van der Waals surface area contributed by atoms with Crippen LogP contribution in [-0.4, -0.2) is 55.7 Å². The fourth-order valence-electron chi connectivity index (χ4n) is 4.18. The van der Waals surface area contributed by atoms with Crippen molar-refractivity contribution in [3.05, 3.63) is 30.1 Å². The Morgan fingerprint density at radius 2 is 2.04 bits per heavy atom. The summed E-state index contributed by atoms with van der Waals surface area (Å²) in [5.41, 5.74) is 0. The van der Waals surface area contributed by atoms with E-state index < -0.39 is 0 Å². The largest absolute Gasteiger partial charge is 0.489 e. The van der Waals surface area contributed by atoms with Gasteiger partial charge in [0.25, 0.3) is 0 Å². The summed E-state index contributed by atoms with van der Waals surface area (Å²) in [5.74, 6) is 1.07. The van der Waals surface area contributed by atoms with Gasteiger partial charge in [0.15, 0.2) is 5.96 Å². The molecule has 3 atom stereocenters. The standard InChI is InChI=1S/C20H31FN4O.HI/c1-14(26-19-9-4-6-15(21)10-19)13-23-20(22-2)24-16-11-17-7-5-8-18(12-16)25(17)3;/h4,6,9-10,14,16-18H,5,7-8,11-13H2,1-3H3,(H2,22,23,24);1H. The fraction of sp³-hybridized carbons (Fsp3) is 0.650. The van der Waals surface area contributed by atoms with Gasteiger partial charge in [0.1, 0.15) is 17.7 Å². The molecule has 0 radical (unpaired) electrons. The third-order valence-corrected chi connectivity index (χ3v) is 5.59. The molecule has 2 bridgehead atoms. The second-order valence-corrected chi connectivity index (χ2v) is 7.56. The minimum atomic E-state index is -0.284. The molecule has 2 fully saturated rings. The van der Waals surface area contributed by atoms with Gasteiger partial charge >= 0.3 is 0 Å². The van der Waals surface area contributed by atoms with Crippen molar-refractivity contribution in [1.82, 2.24) is 15.5 Å². The van der Waals surface area contributed by atoms with Gasteiger partial charge in [-0.2, -0.15) is 0 Å². The summed E-state index contributed by atoms with van der Waals surface area (Å²) in [6.07, 6.45) is 6.21. The second kappa shape index (κ2) is 10.5. The van der Waals surface area contributed by atoms with Crippen LogP contribution in [-0.2, 0) is 0 Å². The highest BCUT2D eigenvalue weighted by atomic mass is 127. The lowest BCUT2D eigenvalue weighted by Gasteiger charge is -2.47. The molecule has 2 saturated heterocycles. The number of guanidine groups is 1. The smallest absolute Gasteiger partial charge is 0.191 e. The molecule has 1 aromatic carbocycles. The molecule has 0 aromatic heterocycles. The Morgan fingerprint density at radius 1 is 1.33 bits per heavy atom.